The molecule has 0 radical (unpaired) electrons. The largest absolute Gasteiger partial charge is 0.455 e. The van der Waals surface area contributed by atoms with Gasteiger partial charge in [0.15, 0.2) is 17.5 Å². The van der Waals surface area contributed by atoms with E-state index in [0.29, 0.717) is 17.5 Å². The Morgan fingerprint density at radius 2 is 0.750 bits per heavy atom. The molecular weight excluding hydrogens is 735 g/mol. The minimum Gasteiger partial charge on any atom is -0.455 e. The number of hydrogen-bond acceptors (Lipinski definition) is 5. The Morgan fingerprint density at radius 1 is 0.283 bits per heavy atom. The Labute approximate surface area is 342 Å². The molecule has 60 heavy (non-hydrogen) atoms. The van der Waals surface area contributed by atoms with Crippen LogP contribution < -0.4 is 0 Å². The Balaban J connectivity index is 1.05. The quantitative estimate of drug-likeness (QED) is 0.167. The third-order valence-electron chi connectivity index (χ3n) is 12.1. The van der Waals surface area contributed by atoms with Crippen molar-refractivity contribution in [3.63, 3.8) is 0 Å². The lowest BCUT2D eigenvalue weighted by molar-refractivity contribution is 0.669. The molecule has 0 aliphatic carbocycles. The van der Waals surface area contributed by atoms with Crippen LogP contribution in [0.15, 0.2) is 197 Å². The predicted octanol–water partition coefficient (Wildman–Crippen LogP) is 15.0. The summed E-state index contributed by atoms with van der Waals surface area (Å²) in [5.41, 5.74) is 7.83. The van der Waals surface area contributed by atoms with Crippen LogP contribution in [0.5, 0.6) is 0 Å². The van der Waals surface area contributed by atoms with Gasteiger partial charge in [0.1, 0.15) is 22.3 Å². The van der Waals surface area contributed by atoms with Gasteiger partial charge in [0, 0.05) is 38.2 Å². The molecule has 13 aromatic rings. The summed E-state index contributed by atoms with van der Waals surface area (Å²) in [5, 5.41) is 13.6. The fourth-order valence-corrected chi connectivity index (χ4v) is 9.24. The molecule has 0 spiro atoms. The van der Waals surface area contributed by atoms with Crippen molar-refractivity contribution < 1.29 is 8.83 Å². The molecule has 13 rings (SSSR count). The molecule has 0 amide bonds. The topological polar surface area (TPSA) is 65.0 Å². The van der Waals surface area contributed by atoms with E-state index in [9.17, 15) is 0 Å². The Hall–Kier alpha value is -8.15. The Kier molecular flexibility index (Phi) is 6.95. The summed E-state index contributed by atoms with van der Waals surface area (Å²) >= 11 is 0. The Morgan fingerprint density at radius 3 is 1.50 bits per heavy atom. The maximum absolute atomic E-state index is 6.82. The number of nitrogens with zero attached hydrogens (tertiary/aromatic N) is 3. The van der Waals surface area contributed by atoms with Gasteiger partial charge in [-0.05, 0) is 79.0 Å². The molecule has 0 unspecified atom stereocenters. The predicted molar refractivity (Wildman–Crippen MR) is 246 cm³/mol. The van der Waals surface area contributed by atoms with E-state index in [4.69, 9.17) is 23.8 Å². The van der Waals surface area contributed by atoms with Gasteiger partial charge in [0.2, 0.25) is 0 Å². The van der Waals surface area contributed by atoms with Crippen molar-refractivity contribution in [1.29, 1.82) is 0 Å². The SMILES string of the molecule is c1ccc2c(c1)ccc1ccc(-c3nc(-c4cccc5c4oc4ccccc45)nc(-c4cccc5oc6c(-c7ccc8ccc9ccccc9c8c7)cccc6c45)n3)cc12. The third kappa shape index (κ3) is 4.96. The van der Waals surface area contributed by atoms with E-state index in [-0.39, 0.29) is 0 Å². The standard InChI is InChI=1S/C55H31N3O2/c1-3-12-38-32(10-1)22-24-34-26-28-36(30-46(34)38)40-15-7-17-43-50-44(18-9-21-49(50)60-51(40)43)54-56-53(37-29-27-35-25-23-33-11-2-4-13-39(33)47(35)31-37)57-55(58-54)45-19-8-16-42-41-14-5-6-20-48(41)59-52(42)45/h1-31H. The van der Waals surface area contributed by atoms with Crippen LogP contribution in [-0.4, -0.2) is 15.0 Å². The lowest BCUT2D eigenvalue weighted by Crippen LogP contribution is -2.00. The summed E-state index contributed by atoms with van der Waals surface area (Å²) in [7, 11) is 0. The second kappa shape index (κ2) is 12.7. The first-order valence-electron chi connectivity index (χ1n) is 20.2. The molecule has 3 heterocycles. The molecule has 278 valence electrons. The average Bonchev–Trinajstić information content (AvgIpc) is 3.90. The minimum atomic E-state index is 0.534. The summed E-state index contributed by atoms with van der Waals surface area (Å²) < 4.78 is 13.4. The van der Waals surface area contributed by atoms with E-state index in [2.05, 4.69) is 146 Å². The minimum absolute atomic E-state index is 0.534. The molecule has 3 aromatic heterocycles. The summed E-state index contributed by atoms with van der Waals surface area (Å²) in [4.78, 5) is 15.8. The highest BCUT2D eigenvalue weighted by Gasteiger charge is 2.22. The van der Waals surface area contributed by atoms with Crippen molar-refractivity contribution in [3.05, 3.63) is 188 Å². The molecule has 0 bridgehead atoms. The van der Waals surface area contributed by atoms with Crippen LogP contribution in [0.1, 0.15) is 0 Å². The normalized spacial score (nSPS) is 12.0. The van der Waals surface area contributed by atoms with Crippen molar-refractivity contribution in [1.82, 2.24) is 15.0 Å². The zero-order chi connectivity index (χ0) is 39.3. The van der Waals surface area contributed by atoms with Gasteiger partial charge in [-0.3, -0.25) is 0 Å². The van der Waals surface area contributed by atoms with Crippen molar-refractivity contribution in [3.8, 4) is 45.3 Å². The van der Waals surface area contributed by atoms with E-state index in [1.165, 1.54) is 32.3 Å². The van der Waals surface area contributed by atoms with E-state index in [1.54, 1.807) is 0 Å². The monoisotopic (exact) mass is 765 g/mol. The Bertz CT molecular complexity index is 3910. The van der Waals surface area contributed by atoms with Gasteiger partial charge in [-0.25, -0.2) is 15.0 Å². The zero-order valence-corrected chi connectivity index (χ0v) is 32.1. The highest BCUT2D eigenvalue weighted by Crippen LogP contribution is 2.42. The van der Waals surface area contributed by atoms with Crippen LogP contribution in [0.2, 0.25) is 0 Å². The van der Waals surface area contributed by atoms with Gasteiger partial charge in [-0.15, -0.1) is 0 Å². The van der Waals surface area contributed by atoms with E-state index < -0.39 is 0 Å². The number of benzene rings is 10. The van der Waals surface area contributed by atoms with Crippen molar-refractivity contribution in [2.45, 2.75) is 0 Å². The van der Waals surface area contributed by atoms with Crippen LogP contribution in [-0.2, 0) is 0 Å². The third-order valence-corrected chi connectivity index (χ3v) is 12.1. The number of hydrogen-bond donors (Lipinski definition) is 0. The molecule has 10 aromatic carbocycles. The molecule has 0 aliphatic heterocycles. The van der Waals surface area contributed by atoms with Crippen molar-refractivity contribution >= 4 is 87.0 Å². The molecule has 0 aliphatic rings. The van der Waals surface area contributed by atoms with Gasteiger partial charge < -0.3 is 8.83 Å². The molecule has 0 saturated heterocycles. The van der Waals surface area contributed by atoms with E-state index in [1.807, 2.05) is 42.5 Å². The number of rotatable bonds is 4. The zero-order valence-electron chi connectivity index (χ0n) is 32.1. The summed E-state index contributed by atoms with van der Waals surface area (Å²) in [5.74, 6) is 1.66. The molecule has 0 saturated carbocycles. The van der Waals surface area contributed by atoms with Crippen molar-refractivity contribution in [2.24, 2.45) is 0 Å². The number of aromatic nitrogens is 3. The highest BCUT2D eigenvalue weighted by molar-refractivity contribution is 6.16. The lowest BCUT2D eigenvalue weighted by Gasteiger charge is -2.11. The number of furan rings is 2. The van der Waals surface area contributed by atoms with Gasteiger partial charge in [0.05, 0.1) is 5.56 Å². The summed E-state index contributed by atoms with van der Waals surface area (Å²) in [6.07, 6.45) is 0. The van der Waals surface area contributed by atoms with Crippen LogP contribution >= 0.6 is 0 Å². The second-order valence-electron chi connectivity index (χ2n) is 15.5. The molecule has 0 fully saturated rings. The van der Waals surface area contributed by atoms with Crippen LogP contribution in [0, 0.1) is 0 Å². The van der Waals surface area contributed by atoms with Gasteiger partial charge in [0.25, 0.3) is 0 Å². The van der Waals surface area contributed by atoms with Gasteiger partial charge in [-0.1, -0.05) is 158 Å². The smallest absolute Gasteiger partial charge is 0.167 e. The molecule has 5 nitrogen and oxygen atoms in total. The number of fused-ring (bicyclic) bond motifs is 12. The van der Waals surface area contributed by atoms with E-state index in [0.717, 1.165) is 82.5 Å². The highest BCUT2D eigenvalue weighted by atomic mass is 16.3. The molecular formula is C55H31N3O2. The average molecular weight is 766 g/mol. The van der Waals surface area contributed by atoms with Crippen LogP contribution in [0.25, 0.3) is 132 Å². The van der Waals surface area contributed by atoms with E-state index >= 15 is 0 Å². The number of para-hydroxylation sites is 3. The van der Waals surface area contributed by atoms with Gasteiger partial charge in [-0.2, -0.15) is 0 Å². The second-order valence-corrected chi connectivity index (χ2v) is 15.5. The fraction of sp³-hybridized carbons (Fsp3) is 0. The van der Waals surface area contributed by atoms with Gasteiger partial charge >= 0.3 is 0 Å². The summed E-state index contributed by atoms with van der Waals surface area (Å²) in [6.45, 7) is 0. The summed E-state index contributed by atoms with van der Waals surface area (Å²) in [6, 6.07) is 65.8. The first-order valence-corrected chi connectivity index (χ1v) is 20.2. The first kappa shape index (κ1) is 32.9. The van der Waals surface area contributed by atoms with Crippen LogP contribution in [0.3, 0.4) is 0 Å². The van der Waals surface area contributed by atoms with Crippen LogP contribution in [0.4, 0.5) is 0 Å². The molecule has 5 heteroatoms. The fourth-order valence-electron chi connectivity index (χ4n) is 9.24. The van der Waals surface area contributed by atoms with Crippen molar-refractivity contribution in [2.75, 3.05) is 0 Å². The maximum Gasteiger partial charge on any atom is 0.167 e. The first-order chi connectivity index (χ1) is 29.7. The maximum atomic E-state index is 6.82. The molecule has 0 N–H and O–H groups in total. The lowest BCUT2D eigenvalue weighted by atomic mass is 9.96. The molecule has 0 atom stereocenters.